The third kappa shape index (κ3) is 6.22. The first kappa shape index (κ1) is 22.2. The van der Waals surface area contributed by atoms with E-state index in [4.69, 9.17) is 14.5 Å². The van der Waals surface area contributed by atoms with Crippen LogP contribution >= 0.6 is 24.0 Å². The molecule has 0 radical (unpaired) electrons. The standard InChI is InChI=1S/C20H32N4O2.HI/c1-5-21-19(22-13-15-14-24(4)10-11-25-15)23-17-12-20(2,3)26-18-9-7-6-8-16(17)18;/h6-9,15,17H,5,10-14H2,1-4H3,(H2,21,22,23);1H. The average Bonchev–Trinajstić information content (AvgIpc) is 2.59. The molecule has 152 valence electrons. The maximum absolute atomic E-state index is 6.13. The first-order valence-corrected chi connectivity index (χ1v) is 9.60. The first-order chi connectivity index (χ1) is 12.5. The molecule has 0 bridgehead atoms. The predicted molar refractivity (Wildman–Crippen MR) is 120 cm³/mol. The van der Waals surface area contributed by atoms with Gasteiger partial charge >= 0.3 is 0 Å². The predicted octanol–water partition coefficient (Wildman–Crippen LogP) is 2.79. The molecule has 1 aromatic carbocycles. The van der Waals surface area contributed by atoms with Crippen molar-refractivity contribution in [1.82, 2.24) is 15.5 Å². The Bertz CT molecular complexity index is 638. The van der Waals surface area contributed by atoms with E-state index in [1.54, 1.807) is 0 Å². The fourth-order valence-electron chi connectivity index (χ4n) is 3.59. The molecule has 2 atom stereocenters. The number of nitrogens with zero attached hydrogens (tertiary/aromatic N) is 2. The SMILES string of the molecule is CCNC(=NCC1CN(C)CCO1)NC1CC(C)(C)Oc2ccccc21.I. The summed E-state index contributed by atoms with van der Waals surface area (Å²) >= 11 is 0. The Morgan fingerprint density at radius 1 is 1.33 bits per heavy atom. The largest absolute Gasteiger partial charge is 0.487 e. The number of para-hydroxylation sites is 1. The molecule has 1 aromatic rings. The number of rotatable bonds is 4. The van der Waals surface area contributed by atoms with Gasteiger partial charge in [0, 0.05) is 31.6 Å². The molecule has 2 N–H and O–H groups in total. The summed E-state index contributed by atoms with van der Waals surface area (Å²) in [6.07, 6.45) is 1.04. The normalized spacial score (nSPS) is 25.0. The number of fused-ring (bicyclic) bond motifs is 1. The summed E-state index contributed by atoms with van der Waals surface area (Å²) < 4.78 is 12.0. The van der Waals surface area contributed by atoms with Crippen molar-refractivity contribution < 1.29 is 9.47 Å². The van der Waals surface area contributed by atoms with Gasteiger partial charge in [0.05, 0.1) is 25.3 Å². The number of benzene rings is 1. The van der Waals surface area contributed by atoms with Crippen molar-refractivity contribution in [2.24, 2.45) is 4.99 Å². The second-order valence-electron chi connectivity index (χ2n) is 7.78. The van der Waals surface area contributed by atoms with Gasteiger partial charge in [-0.2, -0.15) is 0 Å². The van der Waals surface area contributed by atoms with Gasteiger partial charge in [-0.3, -0.25) is 4.99 Å². The second kappa shape index (κ2) is 9.93. The Kier molecular flexibility index (Phi) is 8.18. The summed E-state index contributed by atoms with van der Waals surface area (Å²) in [6, 6.07) is 8.42. The third-order valence-electron chi connectivity index (χ3n) is 4.83. The summed E-state index contributed by atoms with van der Waals surface area (Å²) in [4.78, 5) is 7.08. The highest BCUT2D eigenvalue weighted by Gasteiger charge is 2.34. The van der Waals surface area contributed by atoms with Crippen LogP contribution in [-0.4, -0.2) is 62.4 Å². The molecule has 2 aliphatic rings. The minimum atomic E-state index is -0.210. The molecular formula is C20H33IN4O2. The van der Waals surface area contributed by atoms with Crippen molar-refractivity contribution in [2.75, 3.05) is 39.8 Å². The first-order valence-electron chi connectivity index (χ1n) is 9.60. The molecule has 0 spiro atoms. The highest BCUT2D eigenvalue weighted by atomic mass is 127. The van der Waals surface area contributed by atoms with Gasteiger partial charge in [-0.05, 0) is 33.9 Å². The Labute approximate surface area is 180 Å². The van der Waals surface area contributed by atoms with E-state index in [1.807, 2.05) is 12.1 Å². The van der Waals surface area contributed by atoms with Gasteiger partial charge in [0.25, 0.3) is 0 Å². The lowest BCUT2D eigenvalue weighted by atomic mass is 9.90. The maximum atomic E-state index is 6.13. The molecule has 2 unspecified atom stereocenters. The number of likely N-dealkylation sites (N-methyl/N-ethyl adjacent to an activating group) is 1. The molecule has 6 nitrogen and oxygen atoms in total. The van der Waals surface area contributed by atoms with E-state index in [0.29, 0.717) is 6.54 Å². The van der Waals surface area contributed by atoms with Crippen LogP contribution in [0.4, 0.5) is 0 Å². The summed E-state index contributed by atoms with van der Waals surface area (Å²) in [5, 5.41) is 6.98. The minimum absolute atomic E-state index is 0. The summed E-state index contributed by atoms with van der Waals surface area (Å²) in [5.74, 6) is 1.79. The zero-order valence-corrected chi connectivity index (χ0v) is 19.2. The molecule has 1 fully saturated rings. The third-order valence-corrected chi connectivity index (χ3v) is 4.83. The Morgan fingerprint density at radius 3 is 2.85 bits per heavy atom. The number of hydrogen-bond donors (Lipinski definition) is 2. The van der Waals surface area contributed by atoms with Crippen molar-refractivity contribution in [3.8, 4) is 5.75 Å². The van der Waals surface area contributed by atoms with Crippen LogP contribution < -0.4 is 15.4 Å². The van der Waals surface area contributed by atoms with E-state index in [0.717, 1.165) is 44.4 Å². The van der Waals surface area contributed by atoms with Crippen molar-refractivity contribution in [2.45, 2.75) is 44.9 Å². The van der Waals surface area contributed by atoms with E-state index in [2.05, 4.69) is 55.5 Å². The number of nitrogens with one attached hydrogen (secondary N) is 2. The molecule has 27 heavy (non-hydrogen) atoms. The van der Waals surface area contributed by atoms with Gasteiger partial charge in [-0.15, -0.1) is 24.0 Å². The van der Waals surface area contributed by atoms with Gasteiger partial charge in [-0.1, -0.05) is 18.2 Å². The summed E-state index contributed by atoms with van der Waals surface area (Å²) in [7, 11) is 2.13. The zero-order chi connectivity index (χ0) is 18.6. The number of aliphatic imine (C=N–C) groups is 1. The number of halogens is 1. The topological polar surface area (TPSA) is 58.1 Å². The molecule has 0 aromatic heterocycles. The number of ether oxygens (including phenoxy) is 2. The lowest BCUT2D eigenvalue weighted by Gasteiger charge is -2.38. The molecule has 0 aliphatic carbocycles. The van der Waals surface area contributed by atoms with E-state index in [1.165, 1.54) is 5.56 Å². The van der Waals surface area contributed by atoms with E-state index >= 15 is 0 Å². The zero-order valence-electron chi connectivity index (χ0n) is 16.8. The van der Waals surface area contributed by atoms with Gasteiger partial charge in [0.15, 0.2) is 5.96 Å². The fourth-order valence-corrected chi connectivity index (χ4v) is 3.59. The molecule has 3 rings (SSSR count). The van der Waals surface area contributed by atoms with Gasteiger partial charge < -0.3 is 25.0 Å². The Morgan fingerprint density at radius 2 is 2.11 bits per heavy atom. The minimum Gasteiger partial charge on any atom is -0.487 e. The van der Waals surface area contributed by atoms with Crippen LogP contribution in [-0.2, 0) is 4.74 Å². The molecule has 1 saturated heterocycles. The van der Waals surface area contributed by atoms with Crippen molar-refractivity contribution >= 4 is 29.9 Å². The van der Waals surface area contributed by atoms with Crippen molar-refractivity contribution in [1.29, 1.82) is 0 Å². The van der Waals surface area contributed by atoms with Crippen LogP contribution in [0.25, 0.3) is 0 Å². The summed E-state index contributed by atoms with van der Waals surface area (Å²) in [5.41, 5.74) is 0.976. The molecule has 7 heteroatoms. The van der Waals surface area contributed by atoms with Gasteiger partial charge in [0.2, 0.25) is 0 Å². The van der Waals surface area contributed by atoms with Gasteiger partial charge in [-0.25, -0.2) is 0 Å². The quantitative estimate of drug-likeness (QED) is 0.388. The Hall–Kier alpha value is -1.06. The maximum Gasteiger partial charge on any atom is 0.191 e. The number of guanidine groups is 1. The smallest absolute Gasteiger partial charge is 0.191 e. The van der Waals surface area contributed by atoms with Crippen LogP contribution in [0, 0.1) is 0 Å². The van der Waals surface area contributed by atoms with Crippen molar-refractivity contribution in [3.05, 3.63) is 29.8 Å². The molecular weight excluding hydrogens is 455 g/mol. The average molecular weight is 488 g/mol. The van der Waals surface area contributed by atoms with E-state index in [-0.39, 0.29) is 41.7 Å². The number of hydrogen-bond acceptors (Lipinski definition) is 4. The van der Waals surface area contributed by atoms with Crippen molar-refractivity contribution in [3.63, 3.8) is 0 Å². The van der Waals surface area contributed by atoms with Crippen LogP contribution in [0.2, 0.25) is 0 Å². The van der Waals surface area contributed by atoms with Crippen LogP contribution in [0.15, 0.2) is 29.3 Å². The van der Waals surface area contributed by atoms with Crippen LogP contribution in [0.5, 0.6) is 5.75 Å². The summed E-state index contributed by atoms with van der Waals surface area (Å²) in [6.45, 7) is 10.5. The highest BCUT2D eigenvalue weighted by Crippen LogP contribution is 2.39. The molecule has 2 aliphatic heterocycles. The van der Waals surface area contributed by atoms with E-state index < -0.39 is 0 Å². The number of morpholine rings is 1. The molecule has 2 heterocycles. The molecule has 0 amide bonds. The van der Waals surface area contributed by atoms with Crippen LogP contribution in [0.3, 0.4) is 0 Å². The van der Waals surface area contributed by atoms with E-state index in [9.17, 15) is 0 Å². The Balaban J connectivity index is 0.00000261. The van der Waals surface area contributed by atoms with Gasteiger partial charge in [0.1, 0.15) is 11.4 Å². The second-order valence-corrected chi connectivity index (χ2v) is 7.78. The lowest BCUT2D eigenvalue weighted by Crippen LogP contribution is -2.46. The fraction of sp³-hybridized carbons (Fsp3) is 0.650. The van der Waals surface area contributed by atoms with Crippen LogP contribution in [0.1, 0.15) is 38.8 Å². The highest BCUT2D eigenvalue weighted by molar-refractivity contribution is 14.0. The monoisotopic (exact) mass is 488 g/mol. The lowest BCUT2D eigenvalue weighted by molar-refractivity contribution is -0.0136. The molecule has 0 saturated carbocycles.